The van der Waals surface area contributed by atoms with Crippen LogP contribution in [0.15, 0.2) is 24.4 Å². The Morgan fingerprint density at radius 3 is 2.88 bits per heavy atom. The van der Waals surface area contributed by atoms with Crippen LogP contribution in [0.1, 0.15) is 25.3 Å². The lowest BCUT2D eigenvalue weighted by Crippen LogP contribution is -1.96. The lowest BCUT2D eigenvalue weighted by Gasteiger charge is -2.03. The number of unbranched alkanes of at least 4 members (excludes halogenated alkanes) is 1. The minimum absolute atomic E-state index is 0.237. The predicted molar refractivity (Wildman–Crippen MR) is 63.6 cm³/mol. The molecule has 2 aromatic rings. The van der Waals surface area contributed by atoms with E-state index in [0.29, 0.717) is 0 Å². The summed E-state index contributed by atoms with van der Waals surface area (Å²) >= 11 is 0. The molecule has 0 spiro atoms. The third-order valence-electron chi connectivity index (χ3n) is 2.80. The first-order valence-electron chi connectivity index (χ1n) is 5.47. The Kier molecular flexibility index (Phi) is 2.90. The SMILES string of the molecule is CCCCc1c([N+](=O)[O-])ccc2[nH]ccc12. The van der Waals surface area contributed by atoms with Gasteiger partial charge >= 0.3 is 0 Å². The number of aryl methyl sites for hydroxylation is 1. The molecule has 1 aromatic heterocycles. The van der Waals surface area contributed by atoms with Crippen molar-refractivity contribution in [2.45, 2.75) is 26.2 Å². The van der Waals surface area contributed by atoms with Crippen LogP contribution in [0, 0.1) is 10.1 Å². The summed E-state index contributed by atoms with van der Waals surface area (Å²) in [6.07, 6.45) is 4.61. The van der Waals surface area contributed by atoms with Crippen LogP contribution in [0.3, 0.4) is 0 Å². The molecule has 0 aliphatic rings. The van der Waals surface area contributed by atoms with Gasteiger partial charge in [0.25, 0.3) is 5.69 Å². The molecule has 0 radical (unpaired) electrons. The number of benzene rings is 1. The van der Waals surface area contributed by atoms with Crippen molar-refractivity contribution in [3.63, 3.8) is 0 Å². The Bertz CT molecular complexity index is 517. The van der Waals surface area contributed by atoms with E-state index in [9.17, 15) is 10.1 Å². The predicted octanol–water partition coefficient (Wildman–Crippen LogP) is 3.42. The molecule has 0 amide bonds. The first-order chi connectivity index (χ1) is 7.74. The van der Waals surface area contributed by atoms with Crippen LogP contribution >= 0.6 is 0 Å². The summed E-state index contributed by atoms with van der Waals surface area (Å²) in [6.45, 7) is 2.09. The highest BCUT2D eigenvalue weighted by Crippen LogP contribution is 2.28. The molecule has 0 fully saturated rings. The van der Waals surface area contributed by atoms with Crippen LogP contribution in [0.2, 0.25) is 0 Å². The number of H-pyrrole nitrogens is 1. The van der Waals surface area contributed by atoms with E-state index in [1.54, 1.807) is 12.1 Å². The highest BCUT2D eigenvalue weighted by molar-refractivity contribution is 5.86. The summed E-state index contributed by atoms with van der Waals surface area (Å²) in [7, 11) is 0. The van der Waals surface area contributed by atoms with Gasteiger partial charge < -0.3 is 4.98 Å². The Hall–Kier alpha value is -1.84. The maximum absolute atomic E-state index is 10.9. The average molecular weight is 218 g/mol. The van der Waals surface area contributed by atoms with Gasteiger partial charge in [0.15, 0.2) is 0 Å². The second-order valence-electron chi connectivity index (χ2n) is 3.86. The number of aromatic amines is 1. The molecule has 0 bridgehead atoms. The molecule has 16 heavy (non-hydrogen) atoms. The van der Waals surface area contributed by atoms with E-state index < -0.39 is 0 Å². The summed E-state index contributed by atoms with van der Waals surface area (Å²) in [5, 5.41) is 11.9. The van der Waals surface area contributed by atoms with Crippen molar-refractivity contribution in [3.05, 3.63) is 40.1 Å². The summed E-state index contributed by atoms with van der Waals surface area (Å²) in [4.78, 5) is 13.7. The number of hydrogen-bond donors (Lipinski definition) is 1. The van der Waals surface area contributed by atoms with E-state index in [4.69, 9.17) is 0 Å². The van der Waals surface area contributed by atoms with E-state index in [1.165, 1.54) is 0 Å². The quantitative estimate of drug-likeness (QED) is 0.631. The number of aromatic nitrogens is 1. The molecule has 0 unspecified atom stereocenters. The number of nitro benzene ring substituents is 1. The van der Waals surface area contributed by atoms with Crippen LogP contribution in [-0.2, 0) is 6.42 Å². The lowest BCUT2D eigenvalue weighted by molar-refractivity contribution is -0.385. The van der Waals surface area contributed by atoms with E-state index in [0.717, 1.165) is 35.7 Å². The van der Waals surface area contributed by atoms with Gasteiger partial charge in [0.05, 0.1) is 4.92 Å². The van der Waals surface area contributed by atoms with Crippen LogP contribution in [0.25, 0.3) is 10.9 Å². The van der Waals surface area contributed by atoms with Gasteiger partial charge in [0.2, 0.25) is 0 Å². The fraction of sp³-hybridized carbons (Fsp3) is 0.333. The van der Waals surface area contributed by atoms with Crippen LogP contribution in [0.5, 0.6) is 0 Å². The molecule has 0 aliphatic heterocycles. The minimum atomic E-state index is -0.294. The Morgan fingerprint density at radius 2 is 2.19 bits per heavy atom. The molecule has 1 N–H and O–H groups in total. The van der Waals surface area contributed by atoms with Crippen molar-refractivity contribution in [2.24, 2.45) is 0 Å². The highest BCUT2D eigenvalue weighted by Gasteiger charge is 2.16. The normalized spacial score (nSPS) is 10.8. The maximum atomic E-state index is 10.9. The second kappa shape index (κ2) is 4.35. The second-order valence-corrected chi connectivity index (χ2v) is 3.86. The molecule has 84 valence electrons. The fourth-order valence-corrected chi connectivity index (χ4v) is 1.97. The smallest absolute Gasteiger partial charge is 0.273 e. The first-order valence-corrected chi connectivity index (χ1v) is 5.47. The first kappa shape index (κ1) is 10.7. The van der Waals surface area contributed by atoms with Gasteiger partial charge in [-0.2, -0.15) is 0 Å². The van der Waals surface area contributed by atoms with Crippen molar-refractivity contribution >= 4 is 16.6 Å². The molecular weight excluding hydrogens is 204 g/mol. The molecule has 0 atom stereocenters. The average Bonchev–Trinajstić information content (AvgIpc) is 2.73. The summed E-state index contributed by atoms with van der Waals surface area (Å²) < 4.78 is 0. The lowest BCUT2D eigenvalue weighted by atomic mass is 10.0. The summed E-state index contributed by atoms with van der Waals surface area (Å²) in [6, 6.07) is 5.26. The topological polar surface area (TPSA) is 58.9 Å². The van der Waals surface area contributed by atoms with E-state index in [2.05, 4.69) is 11.9 Å². The molecule has 1 heterocycles. The van der Waals surface area contributed by atoms with Crippen LogP contribution in [-0.4, -0.2) is 9.91 Å². The van der Waals surface area contributed by atoms with Gasteiger partial charge in [0, 0.05) is 28.7 Å². The molecule has 1 aromatic carbocycles. The molecule has 4 nitrogen and oxygen atoms in total. The van der Waals surface area contributed by atoms with Gasteiger partial charge in [-0.3, -0.25) is 10.1 Å². The maximum Gasteiger partial charge on any atom is 0.273 e. The Morgan fingerprint density at radius 1 is 1.38 bits per heavy atom. The number of hydrogen-bond acceptors (Lipinski definition) is 2. The van der Waals surface area contributed by atoms with Crippen molar-refractivity contribution in [1.82, 2.24) is 4.98 Å². The third-order valence-corrected chi connectivity index (χ3v) is 2.80. The zero-order valence-electron chi connectivity index (χ0n) is 9.19. The van der Waals surface area contributed by atoms with Crippen molar-refractivity contribution < 1.29 is 4.92 Å². The van der Waals surface area contributed by atoms with Crippen molar-refractivity contribution in [3.8, 4) is 0 Å². The van der Waals surface area contributed by atoms with E-state index >= 15 is 0 Å². The van der Waals surface area contributed by atoms with E-state index in [1.807, 2.05) is 12.3 Å². The molecule has 0 saturated carbocycles. The van der Waals surface area contributed by atoms with Crippen molar-refractivity contribution in [1.29, 1.82) is 0 Å². The van der Waals surface area contributed by atoms with Crippen LogP contribution < -0.4 is 0 Å². The monoisotopic (exact) mass is 218 g/mol. The summed E-state index contributed by atoms with van der Waals surface area (Å²) in [5.74, 6) is 0. The standard InChI is InChI=1S/C12H14N2O2/c1-2-3-4-10-9-7-8-13-11(9)5-6-12(10)14(15)16/h5-8,13H,2-4H2,1H3. The van der Waals surface area contributed by atoms with E-state index in [-0.39, 0.29) is 10.6 Å². The number of nitro groups is 1. The molecule has 4 heteroatoms. The number of rotatable bonds is 4. The third kappa shape index (κ3) is 1.78. The summed E-state index contributed by atoms with van der Waals surface area (Å²) in [5.41, 5.74) is 2.06. The molecule has 2 rings (SSSR count). The van der Waals surface area contributed by atoms with Gasteiger partial charge in [-0.1, -0.05) is 13.3 Å². The van der Waals surface area contributed by atoms with Gasteiger partial charge in [-0.05, 0) is 25.0 Å². The van der Waals surface area contributed by atoms with Gasteiger partial charge in [-0.15, -0.1) is 0 Å². The largest absolute Gasteiger partial charge is 0.361 e. The van der Waals surface area contributed by atoms with Crippen molar-refractivity contribution in [2.75, 3.05) is 0 Å². The van der Waals surface area contributed by atoms with Gasteiger partial charge in [-0.25, -0.2) is 0 Å². The zero-order valence-corrected chi connectivity index (χ0v) is 9.19. The highest BCUT2D eigenvalue weighted by atomic mass is 16.6. The van der Waals surface area contributed by atoms with Crippen LogP contribution in [0.4, 0.5) is 5.69 Å². The Balaban J connectivity index is 2.56. The minimum Gasteiger partial charge on any atom is -0.361 e. The van der Waals surface area contributed by atoms with Gasteiger partial charge in [0.1, 0.15) is 0 Å². The zero-order chi connectivity index (χ0) is 11.5. The Labute approximate surface area is 93.4 Å². The number of nitrogens with one attached hydrogen (secondary N) is 1. The number of fused-ring (bicyclic) bond motifs is 1. The molecule has 0 saturated heterocycles. The number of nitrogens with zero attached hydrogens (tertiary/aromatic N) is 1. The fourth-order valence-electron chi connectivity index (χ4n) is 1.97. The molecular formula is C12H14N2O2. The molecule has 0 aliphatic carbocycles.